The summed E-state index contributed by atoms with van der Waals surface area (Å²) >= 11 is 0. The molecule has 0 unspecified atom stereocenters. The van der Waals surface area contributed by atoms with Gasteiger partial charge in [0.05, 0.1) is 6.61 Å². The van der Waals surface area contributed by atoms with Crippen molar-refractivity contribution in [3.05, 3.63) is 28.8 Å². The van der Waals surface area contributed by atoms with Crippen molar-refractivity contribution >= 4 is 11.6 Å². The molecule has 0 heterocycles. The summed E-state index contributed by atoms with van der Waals surface area (Å²) in [7, 11) is 1.58. The van der Waals surface area contributed by atoms with Crippen molar-refractivity contribution in [1.82, 2.24) is 5.32 Å². The number of benzene rings is 1. The Balaban J connectivity index is 2.63. The Morgan fingerprint density at radius 1 is 1.41 bits per heavy atom. The molecule has 0 spiro atoms. The fourth-order valence-electron chi connectivity index (χ4n) is 1.65. The summed E-state index contributed by atoms with van der Waals surface area (Å²) in [6.07, 6.45) is 0.386. The molecule has 4 heteroatoms. The van der Waals surface area contributed by atoms with Gasteiger partial charge in [0.1, 0.15) is 0 Å². The SMILES string of the molecule is COCCC(=O)NCc1c(C)ccc(N)c1C. The second kappa shape index (κ2) is 6.25. The van der Waals surface area contributed by atoms with Gasteiger partial charge < -0.3 is 15.8 Å². The molecule has 1 rings (SSSR count). The summed E-state index contributed by atoms with van der Waals surface area (Å²) < 4.78 is 4.85. The lowest BCUT2D eigenvalue weighted by Gasteiger charge is -2.13. The molecule has 0 aliphatic carbocycles. The maximum absolute atomic E-state index is 11.5. The van der Waals surface area contributed by atoms with Gasteiger partial charge in [-0.05, 0) is 36.6 Å². The number of aryl methyl sites for hydroxylation is 1. The van der Waals surface area contributed by atoms with Crippen molar-refractivity contribution < 1.29 is 9.53 Å². The molecule has 4 nitrogen and oxygen atoms in total. The van der Waals surface area contributed by atoms with Gasteiger partial charge in [-0.3, -0.25) is 4.79 Å². The van der Waals surface area contributed by atoms with Crippen LogP contribution in [0.3, 0.4) is 0 Å². The number of nitrogens with two attached hydrogens (primary N) is 1. The second-order valence-corrected chi connectivity index (χ2v) is 4.09. The number of nitrogens with one attached hydrogen (secondary N) is 1. The molecule has 0 aromatic heterocycles. The number of ether oxygens (including phenoxy) is 1. The highest BCUT2D eigenvalue weighted by Gasteiger charge is 2.07. The lowest BCUT2D eigenvalue weighted by atomic mass is 10.0. The largest absolute Gasteiger partial charge is 0.399 e. The van der Waals surface area contributed by atoms with Crippen molar-refractivity contribution in [1.29, 1.82) is 0 Å². The van der Waals surface area contributed by atoms with Crippen molar-refractivity contribution in [3.63, 3.8) is 0 Å². The summed E-state index contributed by atoms with van der Waals surface area (Å²) in [6, 6.07) is 3.86. The van der Waals surface area contributed by atoms with Crippen molar-refractivity contribution in [3.8, 4) is 0 Å². The van der Waals surface area contributed by atoms with E-state index in [4.69, 9.17) is 10.5 Å². The highest BCUT2D eigenvalue weighted by molar-refractivity contribution is 5.76. The first kappa shape index (κ1) is 13.5. The zero-order chi connectivity index (χ0) is 12.8. The normalized spacial score (nSPS) is 10.3. The number of amides is 1. The van der Waals surface area contributed by atoms with Crippen LogP contribution in [0.15, 0.2) is 12.1 Å². The van der Waals surface area contributed by atoms with E-state index in [1.807, 2.05) is 26.0 Å². The van der Waals surface area contributed by atoms with Crippen LogP contribution in [0.4, 0.5) is 5.69 Å². The van der Waals surface area contributed by atoms with Crippen molar-refractivity contribution in [2.75, 3.05) is 19.5 Å². The van der Waals surface area contributed by atoms with E-state index in [9.17, 15) is 4.79 Å². The van der Waals surface area contributed by atoms with E-state index in [0.29, 0.717) is 19.6 Å². The summed E-state index contributed by atoms with van der Waals surface area (Å²) in [5.74, 6) is -0.00641. The van der Waals surface area contributed by atoms with Crippen LogP contribution in [0.25, 0.3) is 0 Å². The zero-order valence-corrected chi connectivity index (χ0v) is 10.7. The van der Waals surface area contributed by atoms with E-state index in [1.165, 1.54) is 0 Å². The molecule has 17 heavy (non-hydrogen) atoms. The van der Waals surface area contributed by atoms with Crippen LogP contribution in [0.5, 0.6) is 0 Å². The number of nitrogen functional groups attached to an aromatic ring is 1. The van der Waals surface area contributed by atoms with E-state index in [1.54, 1.807) is 7.11 Å². The fraction of sp³-hybridized carbons (Fsp3) is 0.462. The van der Waals surface area contributed by atoms with Crippen LogP contribution >= 0.6 is 0 Å². The molecule has 94 valence electrons. The van der Waals surface area contributed by atoms with E-state index in [-0.39, 0.29) is 5.91 Å². The minimum atomic E-state index is -0.00641. The van der Waals surface area contributed by atoms with Gasteiger partial charge in [0, 0.05) is 25.8 Å². The molecule has 3 N–H and O–H groups in total. The number of rotatable bonds is 5. The van der Waals surface area contributed by atoms with Gasteiger partial charge in [-0.2, -0.15) is 0 Å². The first-order valence-corrected chi connectivity index (χ1v) is 5.66. The standard InChI is InChI=1S/C13H20N2O2/c1-9-4-5-12(14)10(2)11(9)8-15-13(16)6-7-17-3/h4-5H,6-8,14H2,1-3H3,(H,15,16). The molecule has 0 atom stereocenters. The van der Waals surface area contributed by atoms with Crippen LogP contribution in [0.2, 0.25) is 0 Å². The van der Waals surface area contributed by atoms with Crippen molar-refractivity contribution in [2.45, 2.75) is 26.8 Å². The highest BCUT2D eigenvalue weighted by Crippen LogP contribution is 2.19. The first-order valence-electron chi connectivity index (χ1n) is 5.66. The Labute approximate surface area is 102 Å². The number of hydrogen-bond donors (Lipinski definition) is 2. The van der Waals surface area contributed by atoms with Crippen LogP contribution in [0, 0.1) is 13.8 Å². The predicted molar refractivity (Wildman–Crippen MR) is 68.7 cm³/mol. The minimum absolute atomic E-state index is 0.00641. The Morgan fingerprint density at radius 3 is 2.76 bits per heavy atom. The second-order valence-electron chi connectivity index (χ2n) is 4.09. The average Bonchev–Trinajstić information content (AvgIpc) is 2.31. The third-order valence-corrected chi connectivity index (χ3v) is 2.87. The van der Waals surface area contributed by atoms with Gasteiger partial charge >= 0.3 is 0 Å². The number of carbonyl (C=O) groups is 1. The summed E-state index contributed by atoms with van der Waals surface area (Å²) in [5, 5.41) is 2.87. The summed E-state index contributed by atoms with van der Waals surface area (Å²) in [4.78, 5) is 11.5. The third kappa shape index (κ3) is 3.75. The molecule has 0 aliphatic heterocycles. The zero-order valence-electron chi connectivity index (χ0n) is 10.7. The fourth-order valence-corrected chi connectivity index (χ4v) is 1.65. The Kier molecular flexibility index (Phi) is 4.97. The van der Waals surface area contributed by atoms with E-state index < -0.39 is 0 Å². The molecule has 0 bridgehead atoms. The van der Waals surface area contributed by atoms with E-state index in [0.717, 1.165) is 22.4 Å². The Morgan fingerprint density at radius 2 is 2.12 bits per heavy atom. The van der Waals surface area contributed by atoms with Crippen LogP contribution < -0.4 is 11.1 Å². The molecule has 0 aliphatic rings. The van der Waals surface area contributed by atoms with Gasteiger partial charge in [0.2, 0.25) is 5.91 Å². The average molecular weight is 236 g/mol. The number of anilines is 1. The van der Waals surface area contributed by atoms with Gasteiger partial charge in [-0.15, -0.1) is 0 Å². The Hall–Kier alpha value is -1.55. The quantitative estimate of drug-likeness (QED) is 0.762. The van der Waals surface area contributed by atoms with Gasteiger partial charge in [0.25, 0.3) is 0 Å². The first-order chi connectivity index (χ1) is 8.06. The predicted octanol–water partition coefficient (Wildman–Crippen LogP) is 1.54. The van der Waals surface area contributed by atoms with Gasteiger partial charge in [0.15, 0.2) is 0 Å². The van der Waals surface area contributed by atoms with Crippen LogP contribution in [-0.2, 0) is 16.1 Å². The summed E-state index contributed by atoms with van der Waals surface area (Å²) in [6.45, 7) is 4.95. The van der Waals surface area contributed by atoms with E-state index in [2.05, 4.69) is 5.32 Å². The van der Waals surface area contributed by atoms with Crippen LogP contribution in [0.1, 0.15) is 23.1 Å². The molecule has 0 saturated heterocycles. The maximum atomic E-state index is 11.5. The number of carbonyl (C=O) groups excluding carboxylic acids is 1. The molecular weight excluding hydrogens is 216 g/mol. The summed E-state index contributed by atoms with van der Waals surface area (Å²) in [5.41, 5.74) is 9.88. The minimum Gasteiger partial charge on any atom is -0.399 e. The van der Waals surface area contributed by atoms with Crippen molar-refractivity contribution in [2.24, 2.45) is 0 Å². The topological polar surface area (TPSA) is 64.3 Å². The van der Waals surface area contributed by atoms with Crippen LogP contribution in [-0.4, -0.2) is 19.6 Å². The molecule has 1 aromatic carbocycles. The monoisotopic (exact) mass is 236 g/mol. The van der Waals surface area contributed by atoms with E-state index >= 15 is 0 Å². The number of hydrogen-bond acceptors (Lipinski definition) is 3. The Bertz CT molecular complexity index is 403. The number of methoxy groups -OCH3 is 1. The maximum Gasteiger partial charge on any atom is 0.222 e. The highest BCUT2D eigenvalue weighted by atomic mass is 16.5. The molecule has 0 fully saturated rings. The lowest BCUT2D eigenvalue weighted by Crippen LogP contribution is -2.24. The molecule has 0 radical (unpaired) electrons. The van der Waals surface area contributed by atoms with Gasteiger partial charge in [-0.25, -0.2) is 0 Å². The molecular formula is C13H20N2O2. The molecule has 1 aromatic rings. The smallest absolute Gasteiger partial charge is 0.222 e. The molecule has 0 saturated carbocycles. The lowest BCUT2D eigenvalue weighted by molar-refractivity contribution is -0.122. The third-order valence-electron chi connectivity index (χ3n) is 2.87. The molecule has 1 amide bonds. The van der Waals surface area contributed by atoms with Gasteiger partial charge in [-0.1, -0.05) is 6.07 Å².